The SMILES string of the molecule is CCOC(=O)c1cccc(N[C@@H](c2ccncc2)c2ccc3cccnc3c2O)c1. The van der Waals surface area contributed by atoms with Crippen LogP contribution in [0.1, 0.15) is 34.5 Å². The van der Waals surface area contributed by atoms with Gasteiger partial charge in [0.15, 0.2) is 0 Å². The molecule has 0 aliphatic rings. The molecule has 2 aromatic heterocycles. The second kappa shape index (κ2) is 8.61. The quantitative estimate of drug-likeness (QED) is 0.457. The number of benzene rings is 2. The molecular weight excluding hydrogens is 378 g/mol. The van der Waals surface area contributed by atoms with Crippen LogP contribution >= 0.6 is 0 Å². The predicted octanol–water partition coefficient (Wildman–Crippen LogP) is 4.71. The van der Waals surface area contributed by atoms with E-state index >= 15 is 0 Å². The number of nitrogens with one attached hydrogen (secondary N) is 1. The van der Waals surface area contributed by atoms with Gasteiger partial charge in [0.2, 0.25) is 0 Å². The summed E-state index contributed by atoms with van der Waals surface area (Å²) in [5.41, 5.74) is 3.31. The van der Waals surface area contributed by atoms with Gasteiger partial charge < -0.3 is 15.2 Å². The number of esters is 1. The van der Waals surface area contributed by atoms with Crippen molar-refractivity contribution < 1.29 is 14.6 Å². The van der Waals surface area contributed by atoms with Crippen LogP contribution < -0.4 is 5.32 Å². The van der Waals surface area contributed by atoms with E-state index in [0.29, 0.717) is 23.3 Å². The summed E-state index contributed by atoms with van der Waals surface area (Å²) in [4.78, 5) is 20.5. The fourth-order valence-electron chi connectivity index (χ4n) is 3.39. The van der Waals surface area contributed by atoms with E-state index < -0.39 is 0 Å². The molecule has 150 valence electrons. The molecule has 0 bridgehead atoms. The minimum absolute atomic E-state index is 0.115. The molecule has 0 radical (unpaired) electrons. The van der Waals surface area contributed by atoms with E-state index in [4.69, 9.17) is 4.74 Å². The minimum atomic E-state index is -0.378. The second-order valence-electron chi connectivity index (χ2n) is 6.74. The van der Waals surface area contributed by atoms with E-state index in [1.165, 1.54) is 0 Å². The number of aromatic nitrogens is 2. The zero-order valence-corrected chi connectivity index (χ0v) is 16.4. The van der Waals surface area contributed by atoms with Gasteiger partial charge in [0.1, 0.15) is 11.3 Å². The highest BCUT2D eigenvalue weighted by atomic mass is 16.5. The predicted molar refractivity (Wildman–Crippen MR) is 116 cm³/mol. The molecule has 0 amide bonds. The summed E-state index contributed by atoms with van der Waals surface area (Å²) in [6.45, 7) is 2.09. The van der Waals surface area contributed by atoms with Gasteiger partial charge in [-0.3, -0.25) is 9.97 Å². The number of fused-ring (bicyclic) bond motifs is 1. The van der Waals surface area contributed by atoms with E-state index in [1.54, 1.807) is 43.7 Å². The van der Waals surface area contributed by atoms with Crippen molar-refractivity contribution in [3.63, 3.8) is 0 Å². The van der Waals surface area contributed by atoms with Crippen LogP contribution in [0.4, 0.5) is 5.69 Å². The molecule has 0 aliphatic heterocycles. The van der Waals surface area contributed by atoms with Gasteiger partial charge in [-0.25, -0.2) is 4.79 Å². The second-order valence-corrected chi connectivity index (χ2v) is 6.74. The van der Waals surface area contributed by atoms with Crippen molar-refractivity contribution >= 4 is 22.6 Å². The highest BCUT2D eigenvalue weighted by Crippen LogP contribution is 2.36. The average molecular weight is 399 g/mol. The largest absolute Gasteiger partial charge is 0.505 e. The Bertz CT molecular complexity index is 1180. The first-order chi connectivity index (χ1) is 14.7. The number of aromatic hydroxyl groups is 1. The van der Waals surface area contributed by atoms with E-state index in [-0.39, 0.29) is 17.8 Å². The summed E-state index contributed by atoms with van der Waals surface area (Å²) in [7, 11) is 0. The third kappa shape index (κ3) is 3.93. The average Bonchev–Trinajstić information content (AvgIpc) is 2.79. The molecule has 2 heterocycles. The minimum Gasteiger partial charge on any atom is -0.505 e. The Kier molecular flexibility index (Phi) is 5.57. The molecule has 30 heavy (non-hydrogen) atoms. The maximum Gasteiger partial charge on any atom is 0.338 e. The van der Waals surface area contributed by atoms with Crippen molar-refractivity contribution in [1.29, 1.82) is 0 Å². The van der Waals surface area contributed by atoms with Gasteiger partial charge >= 0.3 is 5.97 Å². The van der Waals surface area contributed by atoms with Crippen LogP contribution in [-0.2, 0) is 4.74 Å². The number of rotatable bonds is 6. The number of hydrogen-bond acceptors (Lipinski definition) is 6. The van der Waals surface area contributed by atoms with E-state index in [2.05, 4.69) is 15.3 Å². The van der Waals surface area contributed by atoms with E-state index in [9.17, 15) is 9.90 Å². The monoisotopic (exact) mass is 399 g/mol. The fraction of sp³-hybridized carbons (Fsp3) is 0.125. The molecular formula is C24H21N3O3. The number of pyridine rings is 2. The van der Waals surface area contributed by atoms with Crippen LogP contribution in [0.15, 0.2) is 79.3 Å². The van der Waals surface area contributed by atoms with Gasteiger partial charge in [-0.1, -0.05) is 24.3 Å². The van der Waals surface area contributed by atoms with Gasteiger partial charge in [0, 0.05) is 35.2 Å². The number of phenolic OH excluding ortho intramolecular Hbond substituents is 1. The number of ether oxygens (including phenoxy) is 1. The molecule has 6 heteroatoms. The van der Waals surface area contributed by atoms with E-state index in [1.807, 2.05) is 42.5 Å². The molecule has 0 unspecified atom stereocenters. The zero-order valence-electron chi connectivity index (χ0n) is 16.4. The lowest BCUT2D eigenvalue weighted by molar-refractivity contribution is 0.0526. The van der Waals surface area contributed by atoms with Crippen LogP contribution in [0.25, 0.3) is 10.9 Å². The summed E-state index contributed by atoms with van der Waals surface area (Å²) in [5.74, 6) is -0.261. The van der Waals surface area contributed by atoms with Crippen molar-refractivity contribution in [3.05, 3.63) is 95.9 Å². The number of nitrogens with zero attached hydrogens (tertiary/aromatic N) is 2. The molecule has 4 aromatic rings. The van der Waals surface area contributed by atoms with Crippen molar-refractivity contribution in [2.24, 2.45) is 0 Å². The first-order valence-corrected chi connectivity index (χ1v) is 9.67. The summed E-state index contributed by atoms with van der Waals surface area (Å²) >= 11 is 0. The third-order valence-electron chi connectivity index (χ3n) is 4.81. The molecule has 1 atom stereocenters. The van der Waals surface area contributed by atoms with E-state index in [0.717, 1.165) is 16.6 Å². The number of phenols is 1. The standard InChI is InChI=1S/C24H21N3O3/c1-2-30-24(29)18-5-3-7-19(15-18)27-21(17-10-13-25-14-11-17)20-9-8-16-6-4-12-26-22(16)23(20)28/h3-15,21,27-28H,2H2,1H3/t21-/m0/s1. The molecule has 0 saturated carbocycles. The molecule has 2 aromatic carbocycles. The zero-order chi connectivity index (χ0) is 20.9. The Balaban J connectivity index is 1.77. The summed E-state index contributed by atoms with van der Waals surface area (Å²) in [5, 5.41) is 15.3. The summed E-state index contributed by atoms with van der Waals surface area (Å²) in [6.07, 6.45) is 5.06. The number of carbonyl (C=O) groups excluding carboxylic acids is 1. The molecule has 6 nitrogen and oxygen atoms in total. The lowest BCUT2D eigenvalue weighted by atomic mass is 9.96. The van der Waals surface area contributed by atoms with Crippen molar-refractivity contribution in [1.82, 2.24) is 9.97 Å². The third-order valence-corrected chi connectivity index (χ3v) is 4.81. The van der Waals surface area contributed by atoms with Gasteiger partial charge in [-0.2, -0.15) is 0 Å². The van der Waals surface area contributed by atoms with Crippen molar-refractivity contribution in [2.75, 3.05) is 11.9 Å². The maximum absolute atomic E-state index is 12.1. The first kappa shape index (κ1) is 19.4. The first-order valence-electron chi connectivity index (χ1n) is 9.67. The molecule has 0 saturated heterocycles. The van der Waals surface area contributed by atoms with Crippen LogP contribution in [-0.4, -0.2) is 27.7 Å². The normalized spacial score (nSPS) is 11.8. The Morgan fingerprint density at radius 2 is 1.90 bits per heavy atom. The highest BCUT2D eigenvalue weighted by Gasteiger charge is 2.20. The molecule has 0 aliphatic carbocycles. The van der Waals surface area contributed by atoms with Gasteiger partial charge in [-0.05, 0) is 48.9 Å². The molecule has 2 N–H and O–H groups in total. The van der Waals surface area contributed by atoms with Crippen LogP contribution in [0.2, 0.25) is 0 Å². The topological polar surface area (TPSA) is 84.3 Å². The number of carbonyl (C=O) groups is 1. The summed E-state index contributed by atoms with van der Waals surface area (Å²) < 4.78 is 5.10. The Morgan fingerprint density at radius 1 is 1.07 bits per heavy atom. The van der Waals surface area contributed by atoms with Crippen molar-refractivity contribution in [2.45, 2.75) is 13.0 Å². The van der Waals surface area contributed by atoms with Crippen LogP contribution in [0.3, 0.4) is 0 Å². The van der Waals surface area contributed by atoms with Crippen molar-refractivity contribution in [3.8, 4) is 5.75 Å². The lowest BCUT2D eigenvalue weighted by Gasteiger charge is -2.22. The number of anilines is 1. The van der Waals surface area contributed by atoms with Gasteiger partial charge in [0.05, 0.1) is 18.2 Å². The maximum atomic E-state index is 12.1. The fourth-order valence-corrected chi connectivity index (χ4v) is 3.39. The van der Waals surface area contributed by atoms with Crippen LogP contribution in [0.5, 0.6) is 5.75 Å². The highest BCUT2D eigenvalue weighted by molar-refractivity contribution is 5.90. The smallest absolute Gasteiger partial charge is 0.338 e. The molecule has 0 fully saturated rings. The molecule has 0 spiro atoms. The van der Waals surface area contributed by atoms with Gasteiger partial charge in [0.25, 0.3) is 0 Å². The Labute approximate surface area is 174 Å². The van der Waals surface area contributed by atoms with Crippen LogP contribution in [0, 0.1) is 0 Å². The Morgan fingerprint density at radius 3 is 2.70 bits per heavy atom. The molecule has 4 rings (SSSR count). The lowest BCUT2D eigenvalue weighted by Crippen LogP contribution is -2.14. The summed E-state index contributed by atoms with van der Waals surface area (Å²) in [6, 6.07) is 18.1. The number of hydrogen-bond donors (Lipinski definition) is 2. The Hall–Kier alpha value is -3.93. The van der Waals surface area contributed by atoms with Gasteiger partial charge in [-0.15, -0.1) is 0 Å².